The van der Waals surface area contributed by atoms with E-state index in [9.17, 15) is 4.79 Å². The first-order valence-corrected chi connectivity index (χ1v) is 10.2. The smallest absolute Gasteiger partial charge is 0.233 e. The van der Waals surface area contributed by atoms with Crippen LogP contribution in [-0.2, 0) is 17.9 Å². The van der Waals surface area contributed by atoms with Gasteiger partial charge in [-0.25, -0.2) is 0 Å². The van der Waals surface area contributed by atoms with Crippen LogP contribution in [0.3, 0.4) is 0 Å². The lowest BCUT2D eigenvalue weighted by Gasteiger charge is -2.15. The predicted octanol–water partition coefficient (Wildman–Crippen LogP) is 3.86. The fourth-order valence-corrected chi connectivity index (χ4v) is 3.16. The maximum Gasteiger partial charge on any atom is 0.233 e. The van der Waals surface area contributed by atoms with E-state index >= 15 is 0 Å². The van der Waals surface area contributed by atoms with Gasteiger partial charge in [0.2, 0.25) is 5.91 Å². The molecule has 0 aliphatic heterocycles. The van der Waals surface area contributed by atoms with Crippen molar-refractivity contribution in [1.29, 1.82) is 0 Å². The molecule has 3 aromatic rings. The summed E-state index contributed by atoms with van der Waals surface area (Å²) in [4.78, 5) is 12.1. The molecule has 0 saturated carbocycles. The summed E-state index contributed by atoms with van der Waals surface area (Å²) in [6.45, 7) is 4.05. The van der Waals surface area contributed by atoms with Gasteiger partial charge < -0.3 is 21.1 Å². The van der Waals surface area contributed by atoms with Gasteiger partial charge in [-0.2, -0.15) is 0 Å². The Morgan fingerprint density at radius 1 is 0.933 bits per heavy atom. The summed E-state index contributed by atoms with van der Waals surface area (Å²) < 4.78 is 5.80. The van der Waals surface area contributed by atoms with Gasteiger partial charge in [0.15, 0.2) is 0 Å². The molecule has 5 heteroatoms. The van der Waals surface area contributed by atoms with Crippen LogP contribution in [0.4, 0.5) is 5.69 Å². The van der Waals surface area contributed by atoms with Crippen molar-refractivity contribution in [3.05, 3.63) is 95.6 Å². The normalized spacial score (nSPS) is 11.6. The van der Waals surface area contributed by atoms with Gasteiger partial charge in [0.05, 0.1) is 6.54 Å². The van der Waals surface area contributed by atoms with E-state index in [-0.39, 0.29) is 18.4 Å². The molecule has 0 aliphatic carbocycles. The fourth-order valence-electron chi connectivity index (χ4n) is 3.16. The molecule has 3 aromatic carbocycles. The quantitative estimate of drug-likeness (QED) is 0.449. The summed E-state index contributed by atoms with van der Waals surface area (Å²) in [6.07, 6.45) is 0. The van der Waals surface area contributed by atoms with Crippen molar-refractivity contribution in [3.63, 3.8) is 0 Å². The molecule has 0 bridgehead atoms. The zero-order valence-electron chi connectivity index (χ0n) is 17.3. The molecule has 5 nitrogen and oxygen atoms in total. The fraction of sp³-hybridized carbons (Fsp3) is 0.240. The van der Waals surface area contributed by atoms with Crippen LogP contribution in [0.5, 0.6) is 5.75 Å². The molecule has 1 atom stereocenters. The van der Waals surface area contributed by atoms with Gasteiger partial charge in [0, 0.05) is 24.7 Å². The number of hydrogen-bond donors (Lipinski definition) is 3. The first-order chi connectivity index (χ1) is 14.6. The van der Waals surface area contributed by atoms with E-state index < -0.39 is 0 Å². The second-order valence-electron chi connectivity index (χ2n) is 7.36. The second kappa shape index (κ2) is 11.0. The third-order valence-electron chi connectivity index (χ3n) is 4.92. The van der Waals surface area contributed by atoms with Crippen LogP contribution in [0.2, 0.25) is 0 Å². The van der Waals surface area contributed by atoms with E-state index in [1.165, 1.54) is 0 Å². The highest BCUT2D eigenvalue weighted by molar-refractivity contribution is 5.78. The van der Waals surface area contributed by atoms with Gasteiger partial charge in [-0.15, -0.1) is 0 Å². The zero-order chi connectivity index (χ0) is 21.2. The Morgan fingerprint density at radius 2 is 1.63 bits per heavy atom. The highest BCUT2D eigenvalue weighted by atomic mass is 16.5. The van der Waals surface area contributed by atoms with Crippen molar-refractivity contribution in [1.82, 2.24) is 10.6 Å². The van der Waals surface area contributed by atoms with E-state index in [2.05, 4.69) is 17.6 Å². The number of amides is 1. The van der Waals surface area contributed by atoms with Crippen LogP contribution < -0.4 is 21.1 Å². The standard InChI is InChI=1S/C25H29N3O2/c1-19(23-9-5-6-10-24(23)26)15-28-25(29)17-27-16-20-11-13-22(14-12-20)30-18-21-7-3-2-4-8-21/h2-14,19,27H,15-18,26H2,1H3,(H,28,29). The molecule has 4 N–H and O–H groups in total. The minimum atomic E-state index is -0.0285. The minimum Gasteiger partial charge on any atom is -0.489 e. The largest absolute Gasteiger partial charge is 0.489 e. The topological polar surface area (TPSA) is 76.4 Å². The molecular formula is C25H29N3O2. The number of ether oxygens (including phenoxy) is 1. The number of carbonyl (C=O) groups is 1. The second-order valence-corrected chi connectivity index (χ2v) is 7.36. The number of anilines is 1. The number of nitrogens with two attached hydrogens (primary N) is 1. The van der Waals surface area contributed by atoms with Crippen molar-refractivity contribution in [2.24, 2.45) is 0 Å². The maximum absolute atomic E-state index is 12.1. The van der Waals surface area contributed by atoms with E-state index in [1.54, 1.807) is 0 Å². The third kappa shape index (κ3) is 6.64. The van der Waals surface area contributed by atoms with E-state index in [4.69, 9.17) is 10.5 Å². The molecule has 30 heavy (non-hydrogen) atoms. The van der Waals surface area contributed by atoms with Gasteiger partial charge in [-0.05, 0) is 34.9 Å². The van der Waals surface area contributed by atoms with Crippen LogP contribution >= 0.6 is 0 Å². The van der Waals surface area contributed by atoms with Crippen LogP contribution in [0.15, 0.2) is 78.9 Å². The summed E-state index contributed by atoms with van der Waals surface area (Å²) in [7, 11) is 0. The monoisotopic (exact) mass is 403 g/mol. The number of benzene rings is 3. The molecular weight excluding hydrogens is 374 g/mol. The van der Waals surface area contributed by atoms with E-state index in [1.807, 2.05) is 78.9 Å². The average molecular weight is 404 g/mol. The van der Waals surface area contributed by atoms with Gasteiger partial charge in [0.1, 0.15) is 12.4 Å². The van der Waals surface area contributed by atoms with Crippen molar-refractivity contribution >= 4 is 11.6 Å². The van der Waals surface area contributed by atoms with Crippen LogP contribution in [0.25, 0.3) is 0 Å². The van der Waals surface area contributed by atoms with Crippen molar-refractivity contribution in [3.8, 4) is 5.75 Å². The van der Waals surface area contributed by atoms with Crippen molar-refractivity contribution < 1.29 is 9.53 Å². The van der Waals surface area contributed by atoms with Gasteiger partial charge in [0.25, 0.3) is 0 Å². The van der Waals surface area contributed by atoms with Crippen LogP contribution in [-0.4, -0.2) is 19.0 Å². The molecule has 0 aliphatic rings. The Morgan fingerprint density at radius 3 is 2.37 bits per heavy atom. The Kier molecular flexibility index (Phi) is 7.86. The summed E-state index contributed by atoms with van der Waals surface area (Å²) in [5.41, 5.74) is 10.0. The summed E-state index contributed by atoms with van der Waals surface area (Å²) >= 11 is 0. The van der Waals surface area contributed by atoms with Crippen molar-refractivity contribution in [2.75, 3.05) is 18.8 Å². The first-order valence-electron chi connectivity index (χ1n) is 10.2. The molecule has 0 spiro atoms. The summed E-state index contributed by atoms with van der Waals surface area (Å²) in [5.74, 6) is 0.965. The van der Waals surface area contributed by atoms with Crippen LogP contribution in [0.1, 0.15) is 29.5 Å². The predicted molar refractivity (Wildman–Crippen MR) is 121 cm³/mol. The lowest BCUT2D eigenvalue weighted by atomic mass is 9.99. The molecule has 0 saturated heterocycles. The lowest BCUT2D eigenvalue weighted by Crippen LogP contribution is -2.35. The van der Waals surface area contributed by atoms with E-state index in [0.29, 0.717) is 19.7 Å². The lowest BCUT2D eigenvalue weighted by molar-refractivity contribution is -0.120. The molecule has 3 rings (SSSR count). The highest BCUT2D eigenvalue weighted by Crippen LogP contribution is 2.20. The molecule has 1 amide bonds. The van der Waals surface area contributed by atoms with Crippen LogP contribution in [0, 0.1) is 0 Å². The summed E-state index contributed by atoms with van der Waals surface area (Å²) in [6, 6.07) is 25.7. The number of nitrogens with one attached hydrogen (secondary N) is 2. The molecule has 1 unspecified atom stereocenters. The average Bonchev–Trinajstić information content (AvgIpc) is 2.78. The highest BCUT2D eigenvalue weighted by Gasteiger charge is 2.10. The maximum atomic E-state index is 12.1. The van der Waals surface area contributed by atoms with Gasteiger partial charge in [-0.1, -0.05) is 67.6 Å². The molecule has 0 aromatic heterocycles. The molecule has 0 heterocycles. The third-order valence-corrected chi connectivity index (χ3v) is 4.92. The Hall–Kier alpha value is -3.31. The van der Waals surface area contributed by atoms with Gasteiger partial charge in [-0.3, -0.25) is 4.79 Å². The number of rotatable bonds is 10. The number of carbonyl (C=O) groups excluding carboxylic acids is 1. The Balaban J connectivity index is 1.35. The SMILES string of the molecule is CC(CNC(=O)CNCc1ccc(OCc2ccccc2)cc1)c1ccccc1N. The Bertz CT molecular complexity index is 927. The Labute approximate surface area is 178 Å². The zero-order valence-corrected chi connectivity index (χ0v) is 17.3. The number of nitrogen functional groups attached to an aromatic ring is 1. The number of para-hydroxylation sites is 1. The first kappa shape index (κ1) is 21.4. The molecule has 0 radical (unpaired) electrons. The summed E-state index contributed by atoms with van der Waals surface area (Å²) in [5, 5.41) is 6.13. The molecule has 0 fully saturated rings. The molecule has 156 valence electrons. The van der Waals surface area contributed by atoms with Gasteiger partial charge >= 0.3 is 0 Å². The van der Waals surface area contributed by atoms with Crippen molar-refractivity contribution in [2.45, 2.75) is 26.0 Å². The number of hydrogen-bond acceptors (Lipinski definition) is 4. The van der Waals surface area contributed by atoms with E-state index in [0.717, 1.165) is 28.1 Å². The minimum absolute atomic E-state index is 0.0285.